The second kappa shape index (κ2) is 6.78. The molecule has 88 valence electrons. The van der Waals surface area contributed by atoms with Gasteiger partial charge in [-0.15, -0.1) is 0 Å². The Hall–Kier alpha value is -0.720. The van der Waals surface area contributed by atoms with Crippen molar-refractivity contribution in [2.24, 2.45) is 0 Å². The van der Waals surface area contributed by atoms with Crippen LogP contribution in [0.2, 0.25) is 0 Å². The first-order valence-corrected chi connectivity index (χ1v) is 5.82. The Kier molecular flexibility index (Phi) is 5.65. The van der Waals surface area contributed by atoms with E-state index < -0.39 is 0 Å². The minimum absolute atomic E-state index is 0.329. The predicted octanol–water partition coefficient (Wildman–Crippen LogP) is 2.52. The Morgan fingerprint density at radius 3 is 2.94 bits per heavy atom. The van der Waals surface area contributed by atoms with Crippen LogP contribution in [0.15, 0.2) is 22.7 Å². The number of hydrogen-bond donors (Lipinski definition) is 2. The van der Waals surface area contributed by atoms with Crippen LogP contribution in [0.1, 0.15) is 0 Å². The van der Waals surface area contributed by atoms with Crippen molar-refractivity contribution < 1.29 is 9.13 Å². The number of nitrogens with one attached hydrogen (secondary N) is 2. The van der Waals surface area contributed by atoms with Gasteiger partial charge in [-0.25, -0.2) is 4.39 Å². The minimum atomic E-state index is -0.329. The van der Waals surface area contributed by atoms with Gasteiger partial charge in [0.05, 0.1) is 11.1 Å². The first-order valence-electron chi connectivity index (χ1n) is 4.62. The Morgan fingerprint density at radius 1 is 1.56 bits per heavy atom. The highest BCUT2D eigenvalue weighted by molar-refractivity contribution is 9.10. The maximum absolute atomic E-state index is 13.2. The summed E-state index contributed by atoms with van der Waals surface area (Å²) in [5.41, 5.74) is 0.607. The van der Waals surface area contributed by atoms with Crippen LogP contribution in [0.5, 0.6) is 0 Å². The van der Waals surface area contributed by atoms with Crippen molar-refractivity contribution in [2.75, 3.05) is 25.6 Å². The van der Waals surface area contributed by atoms with E-state index in [9.17, 15) is 4.39 Å². The Labute approximate surface area is 107 Å². The van der Waals surface area contributed by atoms with Gasteiger partial charge in [-0.2, -0.15) is 0 Å². The molecule has 1 aromatic carbocycles. The number of benzene rings is 1. The molecule has 0 unspecified atom stereocenters. The van der Waals surface area contributed by atoms with Crippen LogP contribution >= 0.6 is 28.1 Å². The van der Waals surface area contributed by atoms with Crippen molar-refractivity contribution in [2.45, 2.75) is 0 Å². The molecule has 1 rings (SSSR count). The molecule has 0 aliphatic carbocycles. The molecule has 0 heterocycles. The maximum atomic E-state index is 13.2. The van der Waals surface area contributed by atoms with Crippen LogP contribution in [0.4, 0.5) is 10.1 Å². The van der Waals surface area contributed by atoms with Crippen molar-refractivity contribution in [3.05, 3.63) is 28.5 Å². The number of anilines is 1. The van der Waals surface area contributed by atoms with Crippen molar-refractivity contribution >= 4 is 38.9 Å². The first kappa shape index (κ1) is 13.3. The third-order valence-corrected chi connectivity index (χ3v) is 2.66. The standard InChI is InChI=1S/C10H12BrFN2OS/c1-15-5-4-13-10(16)14-7-2-3-8(11)9(12)6-7/h2-3,6H,4-5H2,1H3,(H2,13,14,16). The van der Waals surface area contributed by atoms with E-state index in [2.05, 4.69) is 26.6 Å². The highest BCUT2D eigenvalue weighted by atomic mass is 79.9. The highest BCUT2D eigenvalue weighted by Gasteiger charge is 2.01. The summed E-state index contributed by atoms with van der Waals surface area (Å²) in [6.07, 6.45) is 0. The molecule has 0 aliphatic rings. The second-order valence-electron chi connectivity index (χ2n) is 3.00. The lowest BCUT2D eigenvalue weighted by atomic mass is 10.3. The number of rotatable bonds is 4. The largest absolute Gasteiger partial charge is 0.383 e. The zero-order chi connectivity index (χ0) is 12.0. The molecule has 0 saturated heterocycles. The lowest BCUT2D eigenvalue weighted by Gasteiger charge is -2.10. The van der Waals surface area contributed by atoms with Crippen LogP contribution in [0.3, 0.4) is 0 Å². The molecule has 0 aromatic heterocycles. The minimum Gasteiger partial charge on any atom is -0.383 e. The topological polar surface area (TPSA) is 33.3 Å². The fourth-order valence-corrected chi connectivity index (χ4v) is 1.48. The van der Waals surface area contributed by atoms with Crippen LogP contribution in [0, 0.1) is 5.82 Å². The fraction of sp³-hybridized carbons (Fsp3) is 0.300. The van der Waals surface area contributed by atoms with E-state index in [1.54, 1.807) is 19.2 Å². The summed E-state index contributed by atoms with van der Waals surface area (Å²) in [5, 5.41) is 6.24. The summed E-state index contributed by atoms with van der Waals surface area (Å²) < 4.78 is 18.5. The molecule has 0 bridgehead atoms. The molecule has 16 heavy (non-hydrogen) atoms. The molecule has 0 aliphatic heterocycles. The summed E-state index contributed by atoms with van der Waals surface area (Å²) in [5.74, 6) is -0.329. The molecule has 0 spiro atoms. The van der Waals surface area contributed by atoms with Crippen molar-refractivity contribution in [1.29, 1.82) is 0 Å². The van der Waals surface area contributed by atoms with Crippen LogP contribution in [-0.4, -0.2) is 25.4 Å². The van der Waals surface area contributed by atoms with Gasteiger partial charge in [0, 0.05) is 19.3 Å². The van der Waals surface area contributed by atoms with E-state index in [1.807, 2.05) is 0 Å². The zero-order valence-electron chi connectivity index (χ0n) is 8.72. The number of methoxy groups -OCH3 is 1. The highest BCUT2D eigenvalue weighted by Crippen LogP contribution is 2.19. The number of thiocarbonyl (C=S) groups is 1. The smallest absolute Gasteiger partial charge is 0.170 e. The molecule has 0 amide bonds. The second-order valence-corrected chi connectivity index (χ2v) is 4.27. The summed E-state index contributed by atoms with van der Waals surface area (Å²) in [7, 11) is 1.61. The van der Waals surface area contributed by atoms with Gasteiger partial charge < -0.3 is 15.4 Å². The average Bonchev–Trinajstić information content (AvgIpc) is 2.24. The molecule has 0 saturated carbocycles. The molecule has 0 fully saturated rings. The van der Waals surface area contributed by atoms with Gasteiger partial charge in [0.2, 0.25) is 0 Å². The van der Waals surface area contributed by atoms with E-state index in [1.165, 1.54) is 6.07 Å². The molecular weight excluding hydrogens is 295 g/mol. The van der Waals surface area contributed by atoms with Gasteiger partial charge in [0.15, 0.2) is 5.11 Å². The summed E-state index contributed by atoms with van der Waals surface area (Å²) in [6, 6.07) is 4.72. The quantitative estimate of drug-likeness (QED) is 0.661. The monoisotopic (exact) mass is 306 g/mol. The predicted molar refractivity (Wildman–Crippen MR) is 70.2 cm³/mol. The fourth-order valence-electron chi connectivity index (χ4n) is 1.02. The van der Waals surface area contributed by atoms with Crippen LogP contribution in [0.25, 0.3) is 0 Å². The first-order chi connectivity index (χ1) is 7.63. The Bertz CT molecular complexity index is 376. The number of ether oxygens (including phenoxy) is 1. The average molecular weight is 307 g/mol. The molecule has 6 heteroatoms. The van der Waals surface area contributed by atoms with Crippen molar-refractivity contribution in [1.82, 2.24) is 5.32 Å². The van der Waals surface area contributed by atoms with Gasteiger partial charge in [-0.3, -0.25) is 0 Å². The van der Waals surface area contributed by atoms with Gasteiger partial charge in [-0.05, 0) is 46.3 Å². The van der Waals surface area contributed by atoms with Gasteiger partial charge in [0.25, 0.3) is 0 Å². The molecule has 1 aromatic rings. The van der Waals surface area contributed by atoms with E-state index in [0.29, 0.717) is 28.4 Å². The van der Waals surface area contributed by atoms with E-state index in [0.717, 1.165) is 0 Å². The van der Waals surface area contributed by atoms with E-state index >= 15 is 0 Å². The van der Waals surface area contributed by atoms with E-state index in [4.69, 9.17) is 17.0 Å². The SMILES string of the molecule is COCCNC(=S)Nc1ccc(Br)c(F)c1. The lowest BCUT2D eigenvalue weighted by Crippen LogP contribution is -2.31. The van der Waals surface area contributed by atoms with E-state index in [-0.39, 0.29) is 5.82 Å². The van der Waals surface area contributed by atoms with Crippen LogP contribution < -0.4 is 10.6 Å². The zero-order valence-corrected chi connectivity index (χ0v) is 11.1. The third-order valence-electron chi connectivity index (χ3n) is 1.77. The number of halogens is 2. The molecule has 2 N–H and O–H groups in total. The van der Waals surface area contributed by atoms with Gasteiger partial charge in [0.1, 0.15) is 5.82 Å². The van der Waals surface area contributed by atoms with Crippen molar-refractivity contribution in [3.8, 4) is 0 Å². The van der Waals surface area contributed by atoms with Crippen LogP contribution in [-0.2, 0) is 4.74 Å². The summed E-state index contributed by atoms with van der Waals surface area (Å²) >= 11 is 8.09. The molecular formula is C10H12BrFN2OS. The maximum Gasteiger partial charge on any atom is 0.170 e. The normalized spacial score (nSPS) is 9.94. The molecule has 3 nitrogen and oxygen atoms in total. The number of hydrogen-bond acceptors (Lipinski definition) is 2. The van der Waals surface area contributed by atoms with Gasteiger partial charge >= 0.3 is 0 Å². The van der Waals surface area contributed by atoms with Gasteiger partial charge in [-0.1, -0.05) is 0 Å². The third kappa shape index (κ3) is 4.42. The summed E-state index contributed by atoms with van der Waals surface area (Å²) in [6.45, 7) is 1.18. The summed E-state index contributed by atoms with van der Waals surface area (Å²) in [4.78, 5) is 0. The Balaban J connectivity index is 2.46. The lowest BCUT2D eigenvalue weighted by molar-refractivity contribution is 0.204. The molecule has 0 atom stereocenters. The molecule has 0 radical (unpaired) electrons. The van der Waals surface area contributed by atoms with Crippen molar-refractivity contribution in [3.63, 3.8) is 0 Å². The Morgan fingerprint density at radius 2 is 2.31 bits per heavy atom.